The first-order valence-electron chi connectivity index (χ1n) is 9.27. The number of para-hydroxylation sites is 1. The third-order valence-corrected chi connectivity index (χ3v) is 4.47. The Balaban J connectivity index is 2.15. The van der Waals surface area contributed by atoms with Gasteiger partial charge in [0, 0.05) is 23.9 Å². The largest absolute Gasteiger partial charge is 0.348 e. The van der Waals surface area contributed by atoms with Crippen molar-refractivity contribution in [3.63, 3.8) is 0 Å². The lowest BCUT2D eigenvalue weighted by atomic mass is 10.00. The SMILES string of the molecule is C=CCNC(=O)/C(C#N)=C/c1cn(-c2ccccc2)nc1-c1ccc(C)cc1C. The van der Waals surface area contributed by atoms with Gasteiger partial charge in [0.2, 0.25) is 0 Å². The first kappa shape index (κ1) is 19.8. The van der Waals surface area contributed by atoms with Gasteiger partial charge >= 0.3 is 0 Å². The molecule has 0 bridgehead atoms. The molecule has 0 unspecified atom stereocenters. The van der Waals surface area contributed by atoms with E-state index in [4.69, 9.17) is 5.10 Å². The summed E-state index contributed by atoms with van der Waals surface area (Å²) in [6.07, 6.45) is 4.99. The van der Waals surface area contributed by atoms with Gasteiger partial charge in [-0.2, -0.15) is 10.4 Å². The first-order chi connectivity index (χ1) is 14.0. The molecule has 1 amide bonds. The van der Waals surface area contributed by atoms with Crippen LogP contribution in [0.15, 0.2) is 73.0 Å². The molecule has 0 saturated carbocycles. The Labute approximate surface area is 170 Å². The van der Waals surface area contributed by atoms with E-state index in [-0.39, 0.29) is 5.57 Å². The van der Waals surface area contributed by atoms with Gasteiger partial charge < -0.3 is 5.32 Å². The molecule has 0 fully saturated rings. The van der Waals surface area contributed by atoms with Gasteiger partial charge in [0.15, 0.2) is 0 Å². The van der Waals surface area contributed by atoms with Crippen molar-refractivity contribution in [2.75, 3.05) is 6.54 Å². The van der Waals surface area contributed by atoms with E-state index in [0.717, 1.165) is 28.1 Å². The number of benzene rings is 2. The number of nitrogens with zero attached hydrogens (tertiary/aromatic N) is 3. The number of nitriles is 1. The van der Waals surface area contributed by atoms with Gasteiger partial charge in [0.25, 0.3) is 5.91 Å². The molecule has 1 N–H and O–H groups in total. The average molecular weight is 382 g/mol. The van der Waals surface area contributed by atoms with Gasteiger partial charge in [-0.05, 0) is 37.6 Å². The van der Waals surface area contributed by atoms with Crippen molar-refractivity contribution >= 4 is 12.0 Å². The molecule has 5 nitrogen and oxygen atoms in total. The molecular formula is C24H22N4O. The number of nitrogens with one attached hydrogen (secondary N) is 1. The monoisotopic (exact) mass is 382 g/mol. The topological polar surface area (TPSA) is 70.7 Å². The molecule has 5 heteroatoms. The fourth-order valence-corrected chi connectivity index (χ4v) is 3.06. The smallest absolute Gasteiger partial charge is 0.262 e. The van der Waals surface area contributed by atoms with Crippen LogP contribution < -0.4 is 5.32 Å². The maximum absolute atomic E-state index is 12.3. The molecule has 0 aliphatic heterocycles. The standard InChI is InChI=1S/C24H22N4O/c1-4-12-26-24(29)19(15-25)14-20-16-28(21-8-6-5-7-9-21)27-23(20)22-11-10-17(2)13-18(22)3/h4-11,13-14,16H,1,12H2,2-3H3,(H,26,29)/b19-14+. The maximum atomic E-state index is 12.3. The van der Waals surface area contributed by atoms with Crippen molar-refractivity contribution in [3.8, 4) is 23.0 Å². The van der Waals surface area contributed by atoms with Gasteiger partial charge in [-0.3, -0.25) is 4.79 Å². The Hall–Kier alpha value is -3.91. The van der Waals surface area contributed by atoms with Crippen molar-refractivity contribution in [3.05, 3.63) is 89.6 Å². The van der Waals surface area contributed by atoms with Gasteiger partial charge in [-0.25, -0.2) is 4.68 Å². The second kappa shape index (κ2) is 8.85. The molecule has 1 aromatic heterocycles. The summed E-state index contributed by atoms with van der Waals surface area (Å²) in [5, 5.41) is 16.9. The van der Waals surface area contributed by atoms with Crippen LogP contribution in [0.3, 0.4) is 0 Å². The molecule has 0 saturated heterocycles. The van der Waals surface area contributed by atoms with Crippen LogP contribution in [0, 0.1) is 25.2 Å². The van der Waals surface area contributed by atoms with Gasteiger partial charge in [-0.1, -0.05) is 48.0 Å². The minimum absolute atomic E-state index is 0.0190. The Kier molecular flexibility index (Phi) is 6.06. The number of aryl methyl sites for hydroxylation is 2. The van der Waals surface area contributed by atoms with Crippen LogP contribution in [0.25, 0.3) is 23.0 Å². The van der Waals surface area contributed by atoms with E-state index in [1.807, 2.05) is 68.6 Å². The van der Waals surface area contributed by atoms with E-state index < -0.39 is 5.91 Å². The zero-order chi connectivity index (χ0) is 20.8. The fraction of sp³-hybridized carbons (Fsp3) is 0.125. The average Bonchev–Trinajstić information content (AvgIpc) is 3.14. The summed E-state index contributed by atoms with van der Waals surface area (Å²) in [4.78, 5) is 12.3. The van der Waals surface area contributed by atoms with Gasteiger partial charge in [0.05, 0.1) is 5.69 Å². The fourth-order valence-electron chi connectivity index (χ4n) is 3.06. The third-order valence-electron chi connectivity index (χ3n) is 4.47. The Morgan fingerprint density at radius 2 is 2.00 bits per heavy atom. The van der Waals surface area contributed by atoms with E-state index >= 15 is 0 Å². The minimum Gasteiger partial charge on any atom is -0.348 e. The Bertz CT molecular complexity index is 1120. The lowest BCUT2D eigenvalue weighted by Crippen LogP contribution is -2.24. The molecule has 0 aliphatic carbocycles. The lowest BCUT2D eigenvalue weighted by molar-refractivity contribution is -0.116. The molecule has 0 spiro atoms. The number of aromatic nitrogens is 2. The van der Waals surface area contributed by atoms with Crippen LogP contribution >= 0.6 is 0 Å². The number of rotatable bonds is 6. The van der Waals surface area contributed by atoms with E-state index in [1.54, 1.807) is 16.8 Å². The molecule has 1 heterocycles. The van der Waals surface area contributed by atoms with Crippen LogP contribution in [0.1, 0.15) is 16.7 Å². The first-order valence-corrected chi connectivity index (χ1v) is 9.27. The van der Waals surface area contributed by atoms with Gasteiger partial charge in [-0.15, -0.1) is 6.58 Å². The molecule has 144 valence electrons. The number of hydrogen-bond acceptors (Lipinski definition) is 3. The zero-order valence-electron chi connectivity index (χ0n) is 16.5. The normalized spacial score (nSPS) is 11.0. The number of carbonyl (C=O) groups is 1. The van der Waals surface area contributed by atoms with Crippen molar-refractivity contribution in [2.45, 2.75) is 13.8 Å². The number of carbonyl (C=O) groups excluding carboxylic acids is 1. The minimum atomic E-state index is -0.438. The molecule has 3 rings (SSSR count). The highest BCUT2D eigenvalue weighted by molar-refractivity contribution is 6.02. The summed E-state index contributed by atoms with van der Waals surface area (Å²) in [7, 11) is 0. The highest BCUT2D eigenvalue weighted by atomic mass is 16.1. The lowest BCUT2D eigenvalue weighted by Gasteiger charge is -2.06. The summed E-state index contributed by atoms with van der Waals surface area (Å²) in [6, 6.07) is 17.8. The molecule has 3 aromatic rings. The maximum Gasteiger partial charge on any atom is 0.262 e. The van der Waals surface area contributed by atoms with Crippen molar-refractivity contribution in [2.24, 2.45) is 0 Å². The van der Waals surface area contributed by atoms with Crippen LogP contribution in [0.2, 0.25) is 0 Å². The molecule has 2 aromatic carbocycles. The van der Waals surface area contributed by atoms with E-state index in [9.17, 15) is 10.1 Å². The summed E-state index contributed by atoms with van der Waals surface area (Å²) in [5.74, 6) is -0.438. The molecule has 29 heavy (non-hydrogen) atoms. The third kappa shape index (κ3) is 4.50. The Morgan fingerprint density at radius 3 is 2.66 bits per heavy atom. The highest BCUT2D eigenvalue weighted by Gasteiger charge is 2.16. The Morgan fingerprint density at radius 1 is 1.24 bits per heavy atom. The zero-order valence-corrected chi connectivity index (χ0v) is 16.5. The molecule has 0 atom stereocenters. The van der Waals surface area contributed by atoms with Crippen LogP contribution in [0.5, 0.6) is 0 Å². The van der Waals surface area contributed by atoms with Crippen molar-refractivity contribution < 1.29 is 4.79 Å². The van der Waals surface area contributed by atoms with Crippen molar-refractivity contribution in [1.82, 2.24) is 15.1 Å². The number of hydrogen-bond donors (Lipinski definition) is 1. The molecule has 0 radical (unpaired) electrons. The summed E-state index contributed by atoms with van der Waals surface area (Å²) < 4.78 is 1.76. The van der Waals surface area contributed by atoms with Crippen molar-refractivity contribution in [1.29, 1.82) is 5.26 Å². The summed E-state index contributed by atoms with van der Waals surface area (Å²) >= 11 is 0. The summed E-state index contributed by atoms with van der Waals surface area (Å²) in [6.45, 7) is 7.94. The van der Waals surface area contributed by atoms with E-state index in [2.05, 4.69) is 18.0 Å². The molecular weight excluding hydrogens is 360 g/mol. The second-order valence-corrected chi connectivity index (χ2v) is 6.70. The van der Waals surface area contributed by atoms with Crippen LogP contribution in [0.4, 0.5) is 0 Å². The quantitative estimate of drug-likeness (QED) is 0.391. The van der Waals surface area contributed by atoms with Crippen LogP contribution in [-0.2, 0) is 4.79 Å². The van der Waals surface area contributed by atoms with E-state index in [0.29, 0.717) is 12.1 Å². The predicted octanol–water partition coefficient (Wildman–Crippen LogP) is 4.37. The number of amides is 1. The second-order valence-electron chi connectivity index (χ2n) is 6.70. The predicted molar refractivity (Wildman–Crippen MR) is 115 cm³/mol. The van der Waals surface area contributed by atoms with Crippen LogP contribution in [-0.4, -0.2) is 22.2 Å². The van der Waals surface area contributed by atoms with E-state index in [1.165, 1.54) is 0 Å². The molecule has 0 aliphatic rings. The highest BCUT2D eigenvalue weighted by Crippen LogP contribution is 2.29. The van der Waals surface area contributed by atoms with Gasteiger partial charge in [0.1, 0.15) is 17.3 Å². The summed E-state index contributed by atoms with van der Waals surface area (Å²) in [5.41, 5.74) is 5.53.